The Labute approximate surface area is 238 Å². The first-order valence-corrected chi connectivity index (χ1v) is 13.5. The zero-order valence-electron chi connectivity index (χ0n) is 23.1. The van der Waals surface area contributed by atoms with Crippen LogP contribution < -0.4 is 16.4 Å². The quantitative estimate of drug-likeness (QED) is 0.254. The minimum atomic E-state index is -0.981. The van der Waals surface area contributed by atoms with E-state index in [1.54, 1.807) is 19.1 Å². The monoisotopic (exact) mass is 561 g/mol. The molecule has 0 spiro atoms. The van der Waals surface area contributed by atoms with E-state index in [0.717, 1.165) is 16.8 Å². The maximum Gasteiger partial charge on any atom is 0.314 e. The number of hydrogen-bond donors (Lipinski definition) is 4. The van der Waals surface area contributed by atoms with E-state index in [2.05, 4.69) is 10.6 Å². The van der Waals surface area contributed by atoms with Crippen molar-refractivity contribution in [3.05, 3.63) is 98.9 Å². The molecule has 0 aromatic heterocycles. The van der Waals surface area contributed by atoms with Gasteiger partial charge in [0.1, 0.15) is 0 Å². The number of allylic oxidation sites excluding steroid dienone is 3. The third kappa shape index (κ3) is 6.46. The number of carbonyl (C=O) groups is 3. The number of nitrogens with zero attached hydrogens (tertiary/aromatic N) is 2. The van der Waals surface area contributed by atoms with E-state index in [4.69, 9.17) is 5.73 Å². The van der Waals surface area contributed by atoms with Gasteiger partial charge in [0.05, 0.1) is 16.3 Å². The van der Waals surface area contributed by atoms with Crippen LogP contribution in [-0.4, -0.2) is 58.9 Å². The molecule has 5 N–H and O–H groups in total. The lowest BCUT2D eigenvalue weighted by Crippen LogP contribution is -2.50. The topological polar surface area (TPSA) is 168 Å². The standard InChI is InChI=1S/C30H35N5O6/c1-19-16-25(21-8-10-24(11-9-21)35(40)41)26(20(2)33-19)28(37)32-17-22(27(31)36)18-34-14-12-30(13-15-34,29(38)39)23-6-4-3-5-7-23/h3-11,16,22,25,33H,12-15,17-18H2,1-2H3,(H2,31,36)(H,32,37)(H,38,39). The highest BCUT2D eigenvalue weighted by Gasteiger charge is 2.43. The number of non-ortho nitro benzene ring substituents is 1. The summed E-state index contributed by atoms with van der Waals surface area (Å²) in [7, 11) is 0. The van der Waals surface area contributed by atoms with Crippen LogP contribution in [0.1, 0.15) is 43.7 Å². The molecule has 2 amide bonds. The number of nitrogens with two attached hydrogens (primary N) is 1. The number of primary amides is 1. The zero-order valence-corrected chi connectivity index (χ0v) is 23.1. The second-order valence-electron chi connectivity index (χ2n) is 10.7. The Balaban J connectivity index is 1.42. The number of nitrogens with one attached hydrogen (secondary N) is 2. The highest BCUT2D eigenvalue weighted by atomic mass is 16.6. The summed E-state index contributed by atoms with van der Waals surface area (Å²) in [5.41, 5.74) is 8.11. The molecule has 2 aliphatic heterocycles. The minimum absolute atomic E-state index is 0.0138. The van der Waals surface area contributed by atoms with E-state index in [9.17, 15) is 29.6 Å². The van der Waals surface area contributed by atoms with Crippen molar-refractivity contribution in [3.8, 4) is 0 Å². The zero-order chi connectivity index (χ0) is 29.7. The van der Waals surface area contributed by atoms with Crippen molar-refractivity contribution in [1.29, 1.82) is 0 Å². The third-order valence-corrected chi connectivity index (χ3v) is 8.06. The Bertz CT molecular complexity index is 1380. The maximum atomic E-state index is 13.4. The average molecular weight is 562 g/mol. The van der Waals surface area contributed by atoms with Crippen LogP contribution >= 0.6 is 0 Å². The second kappa shape index (κ2) is 12.3. The van der Waals surface area contributed by atoms with Gasteiger partial charge in [-0.2, -0.15) is 0 Å². The predicted octanol–water partition coefficient (Wildman–Crippen LogP) is 2.80. The smallest absolute Gasteiger partial charge is 0.314 e. The van der Waals surface area contributed by atoms with Crippen molar-refractivity contribution in [2.24, 2.45) is 11.7 Å². The third-order valence-electron chi connectivity index (χ3n) is 8.06. The van der Waals surface area contributed by atoms with Crippen LogP contribution in [0.15, 0.2) is 77.6 Å². The Morgan fingerprint density at radius 3 is 2.32 bits per heavy atom. The van der Waals surface area contributed by atoms with Crippen molar-refractivity contribution >= 4 is 23.5 Å². The highest BCUT2D eigenvalue weighted by molar-refractivity contribution is 5.97. The van der Waals surface area contributed by atoms with Crippen LogP contribution in [0.25, 0.3) is 0 Å². The Hall–Kier alpha value is -4.51. The van der Waals surface area contributed by atoms with E-state index in [0.29, 0.717) is 43.7 Å². The van der Waals surface area contributed by atoms with Gasteiger partial charge in [0.25, 0.3) is 5.69 Å². The van der Waals surface area contributed by atoms with Crippen LogP contribution in [-0.2, 0) is 19.8 Å². The summed E-state index contributed by atoms with van der Waals surface area (Å²) < 4.78 is 0. The summed E-state index contributed by atoms with van der Waals surface area (Å²) in [5, 5.41) is 27.2. The molecule has 11 nitrogen and oxygen atoms in total. The van der Waals surface area contributed by atoms with Crippen molar-refractivity contribution in [2.45, 2.75) is 38.0 Å². The van der Waals surface area contributed by atoms with E-state index in [-0.39, 0.29) is 18.1 Å². The molecule has 4 rings (SSSR count). The highest BCUT2D eigenvalue weighted by Crippen LogP contribution is 2.36. The number of nitro groups is 1. The number of carboxylic acids is 1. The van der Waals surface area contributed by atoms with Gasteiger partial charge in [0, 0.05) is 48.1 Å². The molecule has 2 unspecified atom stereocenters. The molecule has 1 saturated heterocycles. The number of aliphatic carboxylic acids is 1. The molecule has 2 atom stereocenters. The Morgan fingerprint density at radius 1 is 1.12 bits per heavy atom. The number of rotatable bonds is 10. The van der Waals surface area contributed by atoms with Crippen molar-refractivity contribution in [2.75, 3.05) is 26.2 Å². The van der Waals surface area contributed by atoms with Gasteiger partial charge >= 0.3 is 5.97 Å². The van der Waals surface area contributed by atoms with Crippen LogP contribution in [0.4, 0.5) is 5.69 Å². The molecule has 1 fully saturated rings. The van der Waals surface area contributed by atoms with Gasteiger partial charge in [-0.25, -0.2) is 0 Å². The second-order valence-corrected chi connectivity index (χ2v) is 10.7. The number of hydrogen-bond acceptors (Lipinski definition) is 7. The molecule has 216 valence electrons. The SMILES string of the molecule is CC1=CC(c2ccc([N+](=O)[O-])cc2)C(C(=O)NCC(CN2CCC(C(=O)O)(c3ccccc3)CC2)C(N)=O)=C(C)N1. The van der Waals surface area contributed by atoms with Crippen molar-refractivity contribution in [3.63, 3.8) is 0 Å². The lowest BCUT2D eigenvalue weighted by atomic mass is 9.72. The van der Waals surface area contributed by atoms with E-state index < -0.39 is 34.1 Å². The Morgan fingerprint density at radius 2 is 1.76 bits per heavy atom. The number of carbonyl (C=O) groups excluding carboxylic acids is 2. The molecule has 2 aliphatic rings. The van der Waals surface area contributed by atoms with Crippen molar-refractivity contribution in [1.82, 2.24) is 15.5 Å². The fourth-order valence-corrected chi connectivity index (χ4v) is 5.73. The minimum Gasteiger partial charge on any atom is -0.481 e. The number of dihydropyridines is 1. The molecule has 2 aromatic carbocycles. The maximum absolute atomic E-state index is 13.4. The molecular formula is C30H35N5O6. The van der Waals surface area contributed by atoms with Crippen LogP contribution in [0.5, 0.6) is 0 Å². The predicted molar refractivity (Wildman–Crippen MR) is 153 cm³/mol. The van der Waals surface area contributed by atoms with Gasteiger partial charge < -0.3 is 26.4 Å². The van der Waals surface area contributed by atoms with Gasteiger partial charge in [-0.3, -0.25) is 24.5 Å². The number of nitro benzene ring substituents is 1. The largest absolute Gasteiger partial charge is 0.481 e. The first-order chi connectivity index (χ1) is 19.5. The van der Waals surface area contributed by atoms with E-state index in [1.807, 2.05) is 48.2 Å². The average Bonchev–Trinajstić information content (AvgIpc) is 2.95. The summed E-state index contributed by atoms with van der Waals surface area (Å²) in [6.07, 6.45) is 2.67. The molecular weight excluding hydrogens is 526 g/mol. The fraction of sp³-hybridized carbons (Fsp3) is 0.367. The summed E-state index contributed by atoms with van der Waals surface area (Å²) in [6.45, 7) is 4.90. The first kappa shape index (κ1) is 29.5. The normalized spacial score (nSPS) is 19.5. The summed E-state index contributed by atoms with van der Waals surface area (Å²) in [6, 6.07) is 15.3. The van der Waals surface area contributed by atoms with Crippen LogP contribution in [0, 0.1) is 16.0 Å². The van der Waals surface area contributed by atoms with Crippen LogP contribution in [0.2, 0.25) is 0 Å². The van der Waals surface area contributed by atoms with Gasteiger partial charge in [-0.05, 0) is 50.9 Å². The van der Waals surface area contributed by atoms with Gasteiger partial charge in [-0.1, -0.05) is 48.5 Å². The first-order valence-electron chi connectivity index (χ1n) is 13.5. The lowest BCUT2D eigenvalue weighted by molar-refractivity contribution is -0.384. The van der Waals surface area contributed by atoms with Gasteiger partial charge in [0.2, 0.25) is 11.8 Å². The fourth-order valence-electron chi connectivity index (χ4n) is 5.73. The summed E-state index contributed by atoms with van der Waals surface area (Å²) in [4.78, 5) is 50.7. The summed E-state index contributed by atoms with van der Waals surface area (Å²) in [5.74, 6) is -2.91. The number of piperidine rings is 1. The molecule has 0 aliphatic carbocycles. The molecule has 0 saturated carbocycles. The number of benzene rings is 2. The number of carboxylic acid groups (broad SMARTS) is 1. The summed E-state index contributed by atoms with van der Waals surface area (Å²) >= 11 is 0. The number of amides is 2. The van der Waals surface area contributed by atoms with Crippen molar-refractivity contribution < 1.29 is 24.4 Å². The molecule has 11 heteroatoms. The van der Waals surface area contributed by atoms with Gasteiger partial charge in [-0.15, -0.1) is 0 Å². The molecule has 0 bridgehead atoms. The lowest BCUT2D eigenvalue weighted by Gasteiger charge is -2.40. The molecule has 0 radical (unpaired) electrons. The van der Waals surface area contributed by atoms with Gasteiger partial charge in [0.15, 0.2) is 0 Å². The van der Waals surface area contributed by atoms with Crippen LogP contribution in [0.3, 0.4) is 0 Å². The Kier molecular flexibility index (Phi) is 8.87. The molecule has 2 aromatic rings. The number of likely N-dealkylation sites (tertiary alicyclic amines) is 1. The molecule has 41 heavy (non-hydrogen) atoms. The van der Waals surface area contributed by atoms with E-state index >= 15 is 0 Å². The molecule has 2 heterocycles. The van der Waals surface area contributed by atoms with E-state index in [1.165, 1.54) is 12.1 Å².